The first-order chi connectivity index (χ1) is 15.7. The molecule has 1 atom stereocenters. The van der Waals surface area contributed by atoms with Gasteiger partial charge in [0.05, 0.1) is 22.8 Å². The van der Waals surface area contributed by atoms with Crippen LogP contribution in [0.15, 0.2) is 54.6 Å². The lowest BCUT2D eigenvalue weighted by Crippen LogP contribution is -2.45. The second-order valence-electron chi connectivity index (χ2n) is 9.95. The van der Waals surface area contributed by atoms with Gasteiger partial charge in [0.1, 0.15) is 11.4 Å². The maximum absolute atomic E-state index is 13.8. The topological polar surface area (TPSA) is 59.0 Å². The molecule has 1 unspecified atom stereocenters. The van der Waals surface area contributed by atoms with E-state index in [1.807, 2.05) is 17.7 Å². The van der Waals surface area contributed by atoms with E-state index in [-0.39, 0.29) is 17.5 Å². The predicted molar refractivity (Wildman–Crippen MR) is 135 cm³/mol. The van der Waals surface area contributed by atoms with E-state index in [1.54, 1.807) is 0 Å². The summed E-state index contributed by atoms with van der Waals surface area (Å²) in [6.07, 6.45) is 2.52. The number of carbonyl (C=O) groups excluding carboxylic acids is 1. The lowest BCUT2D eigenvalue weighted by atomic mass is 9.84. The third kappa shape index (κ3) is 4.17. The molecular weight excluding hydrogens is 408 g/mol. The van der Waals surface area contributed by atoms with Crippen LogP contribution in [0, 0.1) is 13.8 Å². The van der Waals surface area contributed by atoms with E-state index < -0.39 is 5.54 Å². The molecule has 2 N–H and O–H groups in total. The summed E-state index contributed by atoms with van der Waals surface area (Å²) in [6.45, 7) is 12.7. The minimum absolute atomic E-state index is 0.0740. The molecule has 0 bridgehead atoms. The van der Waals surface area contributed by atoms with Gasteiger partial charge in [-0.1, -0.05) is 74.0 Å². The largest absolute Gasteiger partial charge is 0.363 e. The first kappa shape index (κ1) is 23.1. The zero-order chi connectivity index (χ0) is 23.8. The molecule has 0 aliphatic carbocycles. The molecule has 0 fully saturated rings. The molecule has 5 heteroatoms. The van der Waals surface area contributed by atoms with Crippen LogP contribution in [0.2, 0.25) is 0 Å². The van der Waals surface area contributed by atoms with E-state index in [4.69, 9.17) is 5.10 Å². The van der Waals surface area contributed by atoms with Gasteiger partial charge in [0.2, 0.25) is 0 Å². The summed E-state index contributed by atoms with van der Waals surface area (Å²) in [7, 11) is 0. The summed E-state index contributed by atoms with van der Waals surface area (Å²) >= 11 is 0. The van der Waals surface area contributed by atoms with E-state index in [9.17, 15) is 4.79 Å². The van der Waals surface area contributed by atoms with Gasteiger partial charge in [-0.2, -0.15) is 5.10 Å². The fourth-order valence-electron chi connectivity index (χ4n) is 5.12. The highest BCUT2D eigenvalue weighted by atomic mass is 16.2. The van der Waals surface area contributed by atoms with E-state index in [0.29, 0.717) is 5.56 Å². The number of hydrogen-bond donors (Lipinski definition) is 2. The summed E-state index contributed by atoms with van der Waals surface area (Å²) < 4.78 is 2.00. The molecule has 1 aromatic heterocycles. The summed E-state index contributed by atoms with van der Waals surface area (Å²) in [6, 6.07) is 19.1. The van der Waals surface area contributed by atoms with Crippen LogP contribution in [0.5, 0.6) is 0 Å². The minimum Gasteiger partial charge on any atom is -0.363 e. The Labute approximate surface area is 197 Å². The van der Waals surface area contributed by atoms with Crippen LogP contribution >= 0.6 is 0 Å². The van der Waals surface area contributed by atoms with E-state index >= 15 is 0 Å². The van der Waals surface area contributed by atoms with Crippen LogP contribution in [0.3, 0.4) is 0 Å². The molecular formula is C28H36N4O. The van der Waals surface area contributed by atoms with Gasteiger partial charge in [-0.3, -0.25) is 4.79 Å². The lowest BCUT2D eigenvalue weighted by molar-refractivity contribution is 0.0889. The first-order valence-electron chi connectivity index (χ1n) is 12.0. The molecule has 2 aromatic carbocycles. The van der Waals surface area contributed by atoms with Crippen molar-refractivity contribution >= 4 is 11.7 Å². The second-order valence-corrected chi connectivity index (χ2v) is 9.95. The van der Waals surface area contributed by atoms with Gasteiger partial charge >= 0.3 is 0 Å². The Morgan fingerprint density at radius 1 is 1.09 bits per heavy atom. The van der Waals surface area contributed by atoms with Crippen molar-refractivity contribution in [2.24, 2.45) is 0 Å². The van der Waals surface area contributed by atoms with Crippen LogP contribution in [0.25, 0.3) is 0 Å². The maximum Gasteiger partial charge on any atom is 0.257 e. The van der Waals surface area contributed by atoms with Gasteiger partial charge < -0.3 is 10.6 Å². The Morgan fingerprint density at radius 3 is 2.33 bits per heavy atom. The molecule has 0 radical (unpaired) electrons. The number of nitrogens with zero attached hydrogens (tertiary/aromatic N) is 2. The Balaban J connectivity index is 1.72. The van der Waals surface area contributed by atoms with Gasteiger partial charge in [-0.25, -0.2) is 4.68 Å². The number of benzene rings is 2. The molecule has 2 heterocycles. The fraction of sp³-hybridized carbons (Fsp3) is 0.429. The highest BCUT2D eigenvalue weighted by molar-refractivity contribution is 6.00. The van der Waals surface area contributed by atoms with Crippen molar-refractivity contribution in [2.45, 2.75) is 77.9 Å². The third-order valence-corrected chi connectivity index (χ3v) is 7.24. The number of carbonyl (C=O) groups is 1. The van der Waals surface area contributed by atoms with E-state index in [1.165, 1.54) is 11.1 Å². The molecule has 1 aliphatic rings. The number of anilines is 1. The van der Waals surface area contributed by atoms with Gasteiger partial charge in [0, 0.05) is 0 Å². The summed E-state index contributed by atoms with van der Waals surface area (Å²) in [5.41, 5.74) is 4.33. The van der Waals surface area contributed by atoms with Crippen LogP contribution in [0.4, 0.5) is 5.82 Å². The smallest absolute Gasteiger partial charge is 0.257 e. The number of amides is 1. The quantitative estimate of drug-likeness (QED) is 0.473. The van der Waals surface area contributed by atoms with Gasteiger partial charge in [0.15, 0.2) is 0 Å². The average Bonchev–Trinajstić information content (AvgIpc) is 3.15. The molecule has 33 heavy (non-hydrogen) atoms. The van der Waals surface area contributed by atoms with Gasteiger partial charge in [0.25, 0.3) is 5.91 Å². The molecule has 5 nitrogen and oxygen atoms in total. The van der Waals surface area contributed by atoms with E-state index in [2.05, 4.69) is 93.8 Å². The molecule has 0 saturated heterocycles. The number of fused-ring (bicyclic) bond motifs is 1. The van der Waals surface area contributed by atoms with Gasteiger partial charge in [-0.05, 0) is 58.1 Å². The SMILES string of the molecule is CCC(CC)(NC(=O)c1c(C)nn2c1NC(c1ccccc1)CC2(C)C)c1ccc(C)cc1. The summed E-state index contributed by atoms with van der Waals surface area (Å²) in [5.74, 6) is 0.732. The van der Waals surface area contributed by atoms with Crippen molar-refractivity contribution in [3.8, 4) is 0 Å². The van der Waals surface area contributed by atoms with E-state index in [0.717, 1.165) is 36.3 Å². The Kier molecular flexibility index (Phi) is 6.08. The van der Waals surface area contributed by atoms with Crippen LogP contribution in [-0.4, -0.2) is 15.7 Å². The van der Waals surface area contributed by atoms with Crippen molar-refractivity contribution in [3.05, 3.63) is 82.5 Å². The molecule has 3 aromatic rings. The zero-order valence-corrected chi connectivity index (χ0v) is 20.7. The number of nitrogens with one attached hydrogen (secondary N) is 2. The fourth-order valence-corrected chi connectivity index (χ4v) is 5.12. The third-order valence-electron chi connectivity index (χ3n) is 7.24. The van der Waals surface area contributed by atoms with Crippen molar-refractivity contribution in [3.63, 3.8) is 0 Å². The lowest BCUT2D eigenvalue weighted by Gasteiger charge is -2.38. The maximum atomic E-state index is 13.8. The van der Waals surface area contributed by atoms with Crippen LogP contribution in [-0.2, 0) is 11.1 Å². The van der Waals surface area contributed by atoms with Crippen molar-refractivity contribution < 1.29 is 4.79 Å². The molecule has 4 rings (SSSR count). The Hall–Kier alpha value is -3.08. The number of hydrogen-bond acceptors (Lipinski definition) is 3. The van der Waals surface area contributed by atoms with Crippen LogP contribution in [0.1, 0.15) is 85.7 Å². The number of rotatable bonds is 6. The molecule has 0 saturated carbocycles. The van der Waals surface area contributed by atoms with Crippen molar-refractivity contribution in [2.75, 3.05) is 5.32 Å². The standard InChI is InChI=1S/C28H36N4O/c1-7-28(8-2,22-16-14-19(3)15-17-22)30-26(33)24-20(4)31-32-25(24)29-23(18-27(32,5)6)21-12-10-9-11-13-21/h9-17,23,29H,7-8,18H2,1-6H3,(H,30,33). The predicted octanol–water partition coefficient (Wildman–Crippen LogP) is 6.24. The second kappa shape index (κ2) is 8.69. The highest BCUT2D eigenvalue weighted by Gasteiger charge is 2.39. The summed E-state index contributed by atoms with van der Waals surface area (Å²) in [5, 5.41) is 11.9. The zero-order valence-electron chi connectivity index (χ0n) is 20.7. The van der Waals surface area contributed by atoms with Crippen LogP contribution < -0.4 is 10.6 Å². The van der Waals surface area contributed by atoms with Crippen molar-refractivity contribution in [1.82, 2.24) is 15.1 Å². The Bertz CT molecular complexity index is 1120. The minimum atomic E-state index is -0.422. The average molecular weight is 445 g/mol. The molecule has 1 aliphatic heterocycles. The Morgan fingerprint density at radius 2 is 1.73 bits per heavy atom. The number of aromatic nitrogens is 2. The first-order valence-corrected chi connectivity index (χ1v) is 12.0. The van der Waals surface area contributed by atoms with Crippen molar-refractivity contribution in [1.29, 1.82) is 0 Å². The molecule has 0 spiro atoms. The molecule has 174 valence electrons. The normalized spacial score (nSPS) is 17.2. The van der Waals surface area contributed by atoms with Gasteiger partial charge in [-0.15, -0.1) is 0 Å². The number of aryl methyl sites for hydroxylation is 2. The molecule has 1 amide bonds. The monoisotopic (exact) mass is 444 g/mol. The highest BCUT2D eigenvalue weighted by Crippen LogP contribution is 2.41. The summed E-state index contributed by atoms with van der Waals surface area (Å²) in [4.78, 5) is 13.8.